The molecule has 1 amide bonds. The van der Waals surface area contributed by atoms with E-state index in [2.05, 4.69) is 20.9 Å². The largest absolute Gasteiger partial charge is 0.376 e. The van der Waals surface area contributed by atoms with Gasteiger partial charge < -0.3 is 20.7 Å². The minimum Gasteiger partial charge on any atom is -0.376 e. The fourth-order valence-electron chi connectivity index (χ4n) is 4.24. The van der Waals surface area contributed by atoms with E-state index in [9.17, 15) is 4.79 Å². The molecule has 2 fully saturated rings. The van der Waals surface area contributed by atoms with Gasteiger partial charge in [-0.1, -0.05) is 37.8 Å². The van der Waals surface area contributed by atoms with Crippen molar-refractivity contribution >= 4 is 35.8 Å². The zero-order valence-corrected chi connectivity index (χ0v) is 20.5. The predicted molar refractivity (Wildman–Crippen MR) is 133 cm³/mol. The molecular weight excluding hydrogens is 491 g/mol. The number of hydrogen-bond acceptors (Lipinski definition) is 3. The molecule has 30 heavy (non-hydrogen) atoms. The molecule has 6 nitrogen and oxygen atoms in total. The number of nitrogens with one attached hydrogen (secondary N) is 3. The number of carbonyl (C=O) groups excluding carboxylic acids is 1. The van der Waals surface area contributed by atoms with Crippen LogP contribution in [0.15, 0.2) is 29.3 Å². The van der Waals surface area contributed by atoms with Gasteiger partial charge in [0.05, 0.1) is 6.10 Å². The van der Waals surface area contributed by atoms with E-state index in [1.165, 1.54) is 38.5 Å². The Morgan fingerprint density at radius 3 is 2.70 bits per heavy atom. The second-order valence-corrected chi connectivity index (χ2v) is 8.19. The summed E-state index contributed by atoms with van der Waals surface area (Å²) in [6.07, 6.45) is 10.4. The van der Waals surface area contributed by atoms with Gasteiger partial charge in [0.2, 0.25) is 0 Å². The van der Waals surface area contributed by atoms with E-state index in [4.69, 9.17) is 4.74 Å². The SMILES string of the molecule is CN=C(NCCCC1CCCC1)NCc1cccc(C(=O)NCC2CCCO2)c1.I. The van der Waals surface area contributed by atoms with Crippen molar-refractivity contribution in [2.24, 2.45) is 10.9 Å². The first-order chi connectivity index (χ1) is 14.2. The van der Waals surface area contributed by atoms with Crippen LogP contribution in [-0.2, 0) is 11.3 Å². The van der Waals surface area contributed by atoms with Crippen molar-refractivity contribution in [3.05, 3.63) is 35.4 Å². The van der Waals surface area contributed by atoms with Crippen LogP contribution in [-0.4, -0.2) is 44.7 Å². The van der Waals surface area contributed by atoms with E-state index in [-0.39, 0.29) is 36.0 Å². The summed E-state index contributed by atoms with van der Waals surface area (Å²) in [7, 11) is 1.79. The van der Waals surface area contributed by atoms with E-state index < -0.39 is 0 Å². The maximum Gasteiger partial charge on any atom is 0.251 e. The Kier molecular flexibility index (Phi) is 11.5. The third-order valence-electron chi connectivity index (χ3n) is 5.94. The maximum atomic E-state index is 12.4. The number of rotatable bonds is 9. The molecule has 2 aliphatic rings. The zero-order chi connectivity index (χ0) is 20.3. The topological polar surface area (TPSA) is 74.8 Å². The van der Waals surface area contributed by atoms with Crippen molar-refractivity contribution in [2.45, 2.75) is 64.0 Å². The Labute approximate surface area is 198 Å². The molecule has 3 N–H and O–H groups in total. The fraction of sp³-hybridized carbons (Fsp3) is 0.652. The van der Waals surface area contributed by atoms with Gasteiger partial charge in [0.15, 0.2) is 5.96 Å². The zero-order valence-electron chi connectivity index (χ0n) is 18.1. The predicted octanol–water partition coefficient (Wildman–Crippen LogP) is 3.85. The molecule has 7 heteroatoms. The summed E-state index contributed by atoms with van der Waals surface area (Å²) in [5.74, 6) is 1.70. The van der Waals surface area contributed by atoms with Gasteiger partial charge >= 0.3 is 0 Å². The lowest BCUT2D eigenvalue weighted by molar-refractivity contribution is 0.0857. The third kappa shape index (κ3) is 8.41. The number of ether oxygens (including phenoxy) is 1. The molecular formula is C23H37IN4O2. The van der Waals surface area contributed by atoms with E-state index in [0.29, 0.717) is 18.7 Å². The Morgan fingerprint density at radius 1 is 1.13 bits per heavy atom. The number of carbonyl (C=O) groups is 1. The van der Waals surface area contributed by atoms with Crippen LogP contribution in [0, 0.1) is 5.92 Å². The third-order valence-corrected chi connectivity index (χ3v) is 5.94. The first kappa shape index (κ1) is 24.9. The summed E-state index contributed by atoms with van der Waals surface area (Å²) in [6, 6.07) is 7.74. The van der Waals surface area contributed by atoms with Crippen molar-refractivity contribution in [3.8, 4) is 0 Å². The highest BCUT2D eigenvalue weighted by molar-refractivity contribution is 14.0. The summed E-state index contributed by atoms with van der Waals surface area (Å²) in [5.41, 5.74) is 1.74. The first-order valence-electron chi connectivity index (χ1n) is 11.2. The summed E-state index contributed by atoms with van der Waals surface area (Å²) in [4.78, 5) is 16.7. The smallest absolute Gasteiger partial charge is 0.251 e. The number of hydrogen-bond donors (Lipinski definition) is 3. The second kappa shape index (κ2) is 13.9. The number of amides is 1. The standard InChI is InChI=1S/C23H36N4O2.HI/c1-24-23(25-13-5-10-18-7-2-3-8-18)27-16-19-9-4-11-20(15-19)22(28)26-17-21-12-6-14-29-21;/h4,9,11,15,18,21H,2-3,5-8,10,12-14,16-17H2,1H3,(H,26,28)(H2,24,25,27);1H. The van der Waals surface area contributed by atoms with Crippen molar-refractivity contribution in [3.63, 3.8) is 0 Å². The van der Waals surface area contributed by atoms with Crippen molar-refractivity contribution in [1.82, 2.24) is 16.0 Å². The molecule has 1 unspecified atom stereocenters. The van der Waals surface area contributed by atoms with Gasteiger partial charge in [-0.3, -0.25) is 9.79 Å². The molecule has 0 radical (unpaired) electrons. The minimum absolute atomic E-state index is 0. The molecule has 168 valence electrons. The molecule has 1 atom stereocenters. The number of aliphatic imine (C=N–C) groups is 1. The maximum absolute atomic E-state index is 12.4. The van der Waals surface area contributed by atoms with Crippen LogP contribution in [0.2, 0.25) is 0 Å². The molecule has 1 aliphatic heterocycles. The van der Waals surface area contributed by atoms with Crippen LogP contribution < -0.4 is 16.0 Å². The van der Waals surface area contributed by atoms with Gasteiger partial charge in [0, 0.05) is 38.9 Å². The van der Waals surface area contributed by atoms with Crippen LogP contribution in [0.3, 0.4) is 0 Å². The van der Waals surface area contributed by atoms with Crippen LogP contribution in [0.4, 0.5) is 0 Å². The Hall–Kier alpha value is -1.35. The number of nitrogens with zero attached hydrogens (tertiary/aromatic N) is 1. The quantitative estimate of drug-likeness (QED) is 0.197. The lowest BCUT2D eigenvalue weighted by atomic mass is 10.0. The van der Waals surface area contributed by atoms with Crippen LogP contribution in [0.1, 0.15) is 67.3 Å². The summed E-state index contributed by atoms with van der Waals surface area (Å²) < 4.78 is 5.56. The molecule has 1 saturated carbocycles. The van der Waals surface area contributed by atoms with Gasteiger partial charge in [-0.05, 0) is 49.3 Å². The van der Waals surface area contributed by atoms with E-state index in [1.54, 1.807) is 7.05 Å². The van der Waals surface area contributed by atoms with Gasteiger partial charge in [0.25, 0.3) is 5.91 Å². The Morgan fingerprint density at radius 2 is 1.97 bits per heavy atom. The lowest BCUT2D eigenvalue weighted by Gasteiger charge is -2.14. The summed E-state index contributed by atoms with van der Waals surface area (Å²) in [5, 5.41) is 9.72. The molecule has 1 heterocycles. The molecule has 0 bridgehead atoms. The molecule has 0 aromatic heterocycles. The highest BCUT2D eigenvalue weighted by atomic mass is 127. The number of halogens is 1. The lowest BCUT2D eigenvalue weighted by Crippen LogP contribution is -2.37. The number of guanidine groups is 1. The van der Waals surface area contributed by atoms with Crippen LogP contribution >= 0.6 is 24.0 Å². The first-order valence-corrected chi connectivity index (χ1v) is 11.2. The molecule has 1 aliphatic carbocycles. The second-order valence-electron chi connectivity index (χ2n) is 8.19. The van der Waals surface area contributed by atoms with E-state index in [0.717, 1.165) is 43.4 Å². The van der Waals surface area contributed by atoms with E-state index in [1.807, 2.05) is 24.3 Å². The van der Waals surface area contributed by atoms with Crippen LogP contribution in [0.25, 0.3) is 0 Å². The van der Waals surface area contributed by atoms with Crippen molar-refractivity contribution in [1.29, 1.82) is 0 Å². The average Bonchev–Trinajstić information content (AvgIpc) is 3.46. The monoisotopic (exact) mass is 528 g/mol. The molecule has 1 aromatic rings. The van der Waals surface area contributed by atoms with Gasteiger partial charge in [-0.25, -0.2) is 0 Å². The Balaban J connectivity index is 0.00000320. The average molecular weight is 528 g/mol. The van der Waals surface area contributed by atoms with E-state index >= 15 is 0 Å². The molecule has 3 rings (SSSR count). The van der Waals surface area contributed by atoms with Crippen molar-refractivity contribution < 1.29 is 9.53 Å². The minimum atomic E-state index is -0.0447. The fourth-order valence-corrected chi connectivity index (χ4v) is 4.24. The van der Waals surface area contributed by atoms with Crippen molar-refractivity contribution in [2.75, 3.05) is 26.7 Å². The Bertz CT molecular complexity index is 671. The summed E-state index contributed by atoms with van der Waals surface area (Å²) >= 11 is 0. The van der Waals surface area contributed by atoms with Gasteiger partial charge in [0.1, 0.15) is 0 Å². The summed E-state index contributed by atoms with van der Waals surface area (Å²) in [6.45, 7) is 2.97. The highest BCUT2D eigenvalue weighted by Gasteiger charge is 2.17. The van der Waals surface area contributed by atoms with Gasteiger partial charge in [-0.15, -0.1) is 24.0 Å². The molecule has 1 saturated heterocycles. The number of benzene rings is 1. The normalized spacial score (nSPS) is 19.4. The highest BCUT2D eigenvalue weighted by Crippen LogP contribution is 2.28. The van der Waals surface area contributed by atoms with Crippen LogP contribution in [0.5, 0.6) is 0 Å². The molecule has 1 aromatic carbocycles. The molecule has 0 spiro atoms. The van der Waals surface area contributed by atoms with Gasteiger partial charge in [-0.2, -0.15) is 0 Å².